The molecule has 0 atom stereocenters. The first-order valence-electron chi connectivity index (χ1n) is 4.29. The van der Waals surface area contributed by atoms with Crippen LogP contribution in [0.2, 0.25) is 0 Å². The summed E-state index contributed by atoms with van der Waals surface area (Å²) in [6.45, 7) is 3.63. The van der Waals surface area contributed by atoms with Gasteiger partial charge in [0.15, 0.2) is 4.96 Å². The van der Waals surface area contributed by atoms with E-state index in [-0.39, 0.29) is 11.6 Å². The number of halogens is 2. The second-order valence-corrected chi connectivity index (χ2v) is 4.62. The molecule has 0 aliphatic rings. The zero-order valence-electron chi connectivity index (χ0n) is 8.17. The Morgan fingerprint density at radius 2 is 2.20 bits per heavy atom. The molecule has 0 aromatic carbocycles. The molecule has 0 N–H and O–H groups in total. The van der Waals surface area contributed by atoms with Crippen molar-refractivity contribution in [1.29, 1.82) is 0 Å². The van der Waals surface area contributed by atoms with Gasteiger partial charge in [0.25, 0.3) is 5.56 Å². The normalized spacial score (nSPS) is 11.2. The Morgan fingerprint density at radius 3 is 2.80 bits per heavy atom. The van der Waals surface area contributed by atoms with E-state index >= 15 is 0 Å². The Hall–Kier alpha value is -0.940. The van der Waals surface area contributed by atoms with Gasteiger partial charge in [0, 0.05) is 10.6 Å². The fourth-order valence-corrected chi connectivity index (χ4v) is 2.50. The second-order valence-electron chi connectivity index (χ2n) is 3.17. The van der Waals surface area contributed by atoms with E-state index in [0.29, 0.717) is 4.96 Å². The molecule has 0 aliphatic heterocycles. The SMILES string of the molecule is Cc1sc2nc(CCl)c(F)c(=O)n2c1C. The summed E-state index contributed by atoms with van der Waals surface area (Å²) in [4.78, 5) is 17.1. The number of rotatable bonds is 1. The lowest BCUT2D eigenvalue weighted by Gasteiger charge is -1.99. The van der Waals surface area contributed by atoms with Crippen molar-refractivity contribution in [1.82, 2.24) is 9.38 Å². The summed E-state index contributed by atoms with van der Waals surface area (Å²) in [5, 5.41) is 0. The second kappa shape index (κ2) is 3.57. The molecule has 0 spiro atoms. The lowest BCUT2D eigenvalue weighted by atomic mass is 10.4. The lowest BCUT2D eigenvalue weighted by molar-refractivity contribution is 0.583. The standard InChI is InChI=1S/C9H8ClFN2OS/c1-4-5(2)15-9-12-6(3-10)7(11)8(14)13(4)9/h3H2,1-2H3. The minimum Gasteiger partial charge on any atom is -0.265 e. The van der Waals surface area contributed by atoms with Crippen LogP contribution in [0.4, 0.5) is 4.39 Å². The van der Waals surface area contributed by atoms with Crippen LogP contribution < -0.4 is 5.56 Å². The predicted molar refractivity (Wildman–Crippen MR) is 58.3 cm³/mol. The van der Waals surface area contributed by atoms with Gasteiger partial charge >= 0.3 is 0 Å². The van der Waals surface area contributed by atoms with Crippen LogP contribution in [0.15, 0.2) is 4.79 Å². The van der Waals surface area contributed by atoms with E-state index in [1.165, 1.54) is 15.7 Å². The third kappa shape index (κ3) is 1.46. The molecule has 0 fully saturated rings. The number of aromatic nitrogens is 2. The molecule has 0 bridgehead atoms. The van der Waals surface area contributed by atoms with Crippen molar-refractivity contribution in [2.45, 2.75) is 19.7 Å². The summed E-state index contributed by atoms with van der Waals surface area (Å²) in [7, 11) is 0. The summed E-state index contributed by atoms with van der Waals surface area (Å²) in [6.07, 6.45) is 0. The molecule has 2 rings (SSSR count). The summed E-state index contributed by atoms with van der Waals surface area (Å²) < 4.78 is 14.7. The number of hydrogen-bond donors (Lipinski definition) is 0. The first-order chi connectivity index (χ1) is 7.06. The van der Waals surface area contributed by atoms with Gasteiger partial charge in [0.1, 0.15) is 0 Å². The van der Waals surface area contributed by atoms with E-state index in [1.807, 2.05) is 6.92 Å². The van der Waals surface area contributed by atoms with E-state index in [0.717, 1.165) is 10.6 Å². The van der Waals surface area contributed by atoms with Crippen molar-refractivity contribution >= 4 is 27.9 Å². The maximum Gasteiger partial charge on any atom is 0.295 e. The maximum atomic E-state index is 13.4. The molecule has 0 unspecified atom stereocenters. The summed E-state index contributed by atoms with van der Waals surface area (Å²) >= 11 is 6.86. The molecule has 0 saturated carbocycles. The Labute approximate surface area is 94.1 Å². The Kier molecular flexibility index (Phi) is 2.52. The van der Waals surface area contributed by atoms with Crippen LogP contribution in [0.5, 0.6) is 0 Å². The van der Waals surface area contributed by atoms with E-state index in [4.69, 9.17) is 11.6 Å². The molecule has 2 heterocycles. The number of hydrogen-bond acceptors (Lipinski definition) is 3. The molecule has 0 aliphatic carbocycles. The zero-order chi connectivity index (χ0) is 11.2. The van der Waals surface area contributed by atoms with E-state index in [2.05, 4.69) is 4.98 Å². The highest BCUT2D eigenvalue weighted by molar-refractivity contribution is 7.17. The molecule has 0 amide bonds. The van der Waals surface area contributed by atoms with Crippen LogP contribution in [0.25, 0.3) is 4.96 Å². The van der Waals surface area contributed by atoms with Crippen LogP contribution in [0, 0.1) is 19.7 Å². The third-order valence-electron chi connectivity index (χ3n) is 2.28. The smallest absolute Gasteiger partial charge is 0.265 e. The molecule has 6 heteroatoms. The minimum absolute atomic E-state index is 0.0166. The minimum atomic E-state index is -0.858. The molecule has 80 valence electrons. The molecule has 15 heavy (non-hydrogen) atoms. The Bertz CT molecular complexity index is 590. The van der Waals surface area contributed by atoms with Gasteiger partial charge < -0.3 is 0 Å². The lowest BCUT2D eigenvalue weighted by Crippen LogP contribution is -2.20. The van der Waals surface area contributed by atoms with Crippen molar-refractivity contribution in [2.75, 3.05) is 0 Å². The van der Waals surface area contributed by atoms with Gasteiger partial charge in [-0.3, -0.25) is 9.20 Å². The first kappa shape index (κ1) is 10.6. The molecular weight excluding hydrogens is 239 g/mol. The number of thiazole rings is 1. The molecular formula is C9H8ClFN2OS. The predicted octanol–water partition coefficient (Wildman–Crippen LogP) is 2.25. The Morgan fingerprint density at radius 1 is 1.53 bits per heavy atom. The van der Waals surface area contributed by atoms with Crippen LogP contribution in [-0.2, 0) is 5.88 Å². The topological polar surface area (TPSA) is 34.4 Å². The average Bonchev–Trinajstić information content (AvgIpc) is 2.49. The quantitative estimate of drug-likeness (QED) is 0.724. The van der Waals surface area contributed by atoms with E-state index in [1.54, 1.807) is 6.92 Å². The first-order valence-corrected chi connectivity index (χ1v) is 5.64. The van der Waals surface area contributed by atoms with Crippen LogP contribution in [0.3, 0.4) is 0 Å². The summed E-state index contributed by atoms with van der Waals surface area (Å²) in [6, 6.07) is 0. The van der Waals surface area contributed by atoms with Gasteiger partial charge in [-0.25, -0.2) is 4.98 Å². The monoisotopic (exact) mass is 246 g/mol. The Balaban J connectivity index is 2.98. The summed E-state index contributed by atoms with van der Waals surface area (Å²) in [5.74, 6) is -0.948. The van der Waals surface area contributed by atoms with Gasteiger partial charge in [-0.05, 0) is 13.8 Å². The van der Waals surface area contributed by atoms with Gasteiger partial charge in [0.05, 0.1) is 11.6 Å². The van der Waals surface area contributed by atoms with Gasteiger partial charge in [-0.15, -0.1) is 22.9 Å². The fourth-order valence-electron chi connectivity index (χ4n) is 1.34. The van der Waals surface area contributed by atoms with Crippen LogP contribution >= 0.6 is 22.9 Å². The van der Waals surface area contributed by atoms with Crippen molar-refractivity contribution in [3.8, 4) is 0 Å². The maximum absolute atomic E-state index is 13.4. The highest BCUT2D eigenvalue weighted by atomic mass is 35.5. The molecule has 3 nitrogen and oxygen atoms in total. The van der Waals surface area contributed by atoms with Crippen molar-refractivity contribution < 1.29 is 4.39 Å². The largest absolute Gasteiger partial charge is 0.295 e. The average molecular weight is 247 g/mol. The molecule has 0 saturated heterocycles. The summed E-state index contributed by atoms with van der Waals surface area (Å²) in [5.41, 5.74) is 0.0768. The third-order valence-corrected chi connectivity index (χ3v) is 3.59. The van der Waals surface area contributed by atoms with Crippen LogP contribution in [0.1, 0.15) is 16.3 Å². The van der Waals surface area contributed by atoms with Crippen molar-refractivity contribution in [3.05, 3.63) is 32.4 Å². The van der Waals surface area contributed by atoms with E-state index < -0.39 is 11.4 Å². The molecule has 2 aromatic rings. The van der Waals surface area contributed by atoms with Gasteiger partial charge in [0.2, 0.25) is 5.82 Å². The number of nitrogens with zero attached hydrogens (tertiary/aromatic N) is 2. The van der Waals surface area contributed by atoms with Crippen molar-refractivity contribution in [3.63, 3.8) is 0 Å². The number of alkyl halides is 1. The van der Waals surface area contributed by atoms with Crippen LogP contribution in [-0.4, -0.2) is 9.38 Å². The van der Waals surface area contributed by atoms with E-state index in [9.17, 15) is 9.18 Å². The van der Waals surface area contributed by atoms with Gasteiger partial charge in [-0.1, -0.05) is 0 Å². The fraction of sp³-hybridized carbons (Fsp3) is 0.333. The molecule has 0 radical (unpaired) electrons. The zero-order valence-corrected chi connectivity index (χ0v) is 9.75. The van der Waals surface area contributed by atoms with Crippen molar-refractivity contribution in [2.24, 2.45) is 0 Å². The highest BCUT2D eigenvalue weighted by Crippen LogP contribution is 2.19. The van der Waals surface area contributed by atoms with Gasteiger partial charge in [-0.2, -0.15) is 4.39 Å². The number of fused-ring (bicyclic) bond motifs is 1. The highest BCUT2D eigenvalue weighted by Gasteiger charge is 2.15. The number of aryl methyl sites for hydroxylation is 2. The molecule has 2 aromatic heterocycles.